The van der Waals surface area contributed by atoms with Crippen LogP contribution in [0.25, 0.3) is 0 Å². The minimum atomic E-state index is -0.362. The maximum absolute atomic E-state index is 10.5. The van der Waals surface area contributed by atoms with E-state index in [4.69, 9.17) is 4.74 Å². The summed E-state index contributed by atoms with van der Waals surface area (Å²) in [5, 5.41) is 0. The molecule has 4 heteroatoms. The van der Waals surface area contributed by atoms with Gasteiger partial charge in [-0.05, 0) is 6.92 Å². The van der Waals surface area contributed by atoms with Crippen LogP contribution < -0.4 is 0 Å². The molecule has 0 radical (unpaired) electrons. The normalized spacial score (nSPS) is 9.40. The first-order valence-corrected chi connectivity index (χ1v) is 3.03. The smallest absolute Gasteiger partial charge is 0.332 e. The summed E-state index contributed by atoms with van der Waals surface area (Å²) in [6.45, 7) is 2.21. The van der Waals surface area contributed by atoms with Crippen LogP contribution in [0.15, 0.2) is 0 Å². The molecule has 0 unspecified atom stereocenters. The monoisotopic (exact) mass is 148 g/mol. The van der Waals surface area contributed by atoms with Gasteiger partial charge in [0.15, 0.2) is 0 Å². The van der Waals surface area contributed by atoms with Crippen molar-refractivity contribution in [2.24, 2.45) is 0 Å². The van der Waals surface area contributed by atoms with Gasteiger partial charge in [0.25, 0.3) is 0 Å². The second-order valence-corrected chi connectivity index (χ2v) is 1.56. The zero-order chi connectivity index (χ0) is 7.82. The Labute approximate surface area is 60.1 Å². The van der Waals surface area contributed by atoms with E-state index >= 15 is 0 Å². The van der Waals surface area contributed by atoms with E-state index in [1.807, 2.05) is 0 Å². The molecule has 0 amide bonds. The Morgan fingerprint density at radius 2 is 2.20 bits per heavy atom. The predicted molar refractivity (Wildman–Crippen MR) is 34.5 cm³/mol. The van der Waals surface area contributed by atoms with Crippen LogP contribution in [0.5, 0.6) is 0 Å². The van der Waals surface area contributed by atoms with Gasteiger partial charge in [0, 0.05) is 7.11 Å². The van der Waals surface area contributed by atoms with Crippen molar-refractivity contribution in [1.82, 2.24) is 0 Å². The van der Waals surface area contributed by atoms with Crippen LogP contribution in [0.2, 0.25) is 0 Å². The minimum absolute atomic E-state index is 0.0400. The second-order valence-electron chi connectivity index (χ2n) is 1.56. The highest BCUT2D eigenvalue weighted by Crippen LogP contribution is 1.80. The predicted octanol–water partition coefficient (Wildman–Crippen LogP) is 0.170. The molecule has 0 rings (SSSR count). The van der Waals surface area contributed by atoms with E-state index in [2.05, 4.69) is 9.47 Å². The molecule has 0 spiro atoms. The molecule has 0 aromatic heterocycles. The van der Waals surface area contributed by atoms with Crippen molar-refractivity contribution in [2.75, 3.05) is 27.1 Å². The van der Waals surface area contributed by atoms with Crippen molar-refractivity contribution in [2.45, 2.75) is 6.92 Å². The fraction of sp³-hybridized carbons (Fsp3) is 0.833. The average Bonchev–Trinajstić information content (AvgIpc) is 1.89. The van der Waals surface area contributed by atoms with E-state index in [1.54, 1.807) is 6.92 Å². The Balaban J connectivity index is 3.05. The van der Waals surface area contributed by atoms with Crippen molar-refractivity contribution < 1.29 is 19.0 Å². The first-order valence-electron chi connectivity index (χ1n) is 3.03. The van der Waals surface area contributed by atoms with Crippen LogP contribution in [-0.2, 0) is 19.0 Å². The summed E-state index contributed by atoms with van der Waals surface area (Å²) >= 11 is 0. The third-order valence-electron chi connectivity index (χ3n) is 0.726. The third-order valence-corrected chi connectivity index (χ3v) is 0.726. The molecule has 0 aromatic carbocycles. The highest BCUT2D eigenvalue weighted by Gasteiger charge is 1.98. The molecule has 10 heavy (non-hydrogen) atoms. The number of hydrogen-bond acceptors (Lipinski definition) is 4. The summed E-state index contributed by atoms with van der Waals surface area (Å²) < 4.78 is 13.8. The highest BCUT2D eigenvalue weighted by atomic mass is 16.7. The van der Waals surface area contributed by atoms with Crippen molar-refractivity contribution in [3.63, 3.8) is 0 Å². The lowest BCUT2D eigenvalue weighted by molar-refractivity contribution is -0.152. The van der Waals surface area contributed by atoms with Crippen LogP contribution in [-0.4, -0.2) is 33.1 Å². The number of ether oxygens (including phenoxy) is 3. The van der Waals surface area contributed by atoms with E-state index < -0.39 is 0 Å². The summed E-state index contributed by atoms with van der Waals surface area (Å²) in [7, 11) is 1.49. The Bertz CT molecular complexity index is 91.7. The molecule has 0 aliphatic carbocycles. The first-order chi connectivity index (χ1) is 4.81. The van der Waals surface area contributed by atoms with E-state index in [-0.39, 0.29) is 19.4 Å². The van der Waals surface area contributed by atoms with E-state index in [1.165, 1.54) is 7.11 Å². The van der Waals surface area contributed by atoms with E-state index in [0.717, 1.165) is 0 Å². The second kappa shape index (κ2) is 6.51. The van der Waals surface area contributed by atoms with Gasteiger partial charge < -0.3 is 14.2 Å². The van der Waals surface area contributed by atoms with Gasteiger partial charge in [0.05, 0.1) is 6.61 Å². The van der Waals surface area contributed by atoms with Gasteiger partial charge in [-0.2, -0.15) is 0 Å². The van der Waals surface area contributed by atoms with Crippen molar-refractivity contribution in [3.8, 4) is 0 Å². The summed E-state index contributed by atoms with van der Waals surface area (Å²) in [5.74, 6) is -0.362. The molecule has 0 atom stereocenters. The summed E-state index contributed by atoms with van der Waals surface area (Å²) in [4.78, 5) is 10.5. The molecule has 0 fully saturated rings. The Morgan fingerprint density at radius 1 is 1.50 bits per heavy atom. The summed E-state index contributed by atoms with van der Waals surface area (Å²) in [6, 6.07) is 0. The molecule has 0 heterocycles. The van der Waals surface area contributed by atoms with E-state index in [0.29, 0.717) is 6.61 Å². The van der Waals surface area contributed by atoms with Crippen LogP contribution in [0.4, 0.5) is 0 Å². The molecular weight excluding hydrogens is 136 g/mol. The van der Waals surface area contributed by atoms with Crippen LogP contribution in [0, 0.1) is 0 Å². The van der Waals surface area contributed by atoms with Gasteiger partial charge in [-0.1, -0.05) is 0 Å². The molecule has 0 bridgehead atoms. The topological polar surface area (TPSA) is 44.8 Å². The number of esters is 1. The molecule has 4 nitrogen and oxygen atoms in total. The lowest BCUT2D eigenvalue weighted by atomic mass is 10.7. The number of methoxy groups -OCH3 is 1. The maximum atomic E-state index is 10.5. The first kappa shape index (κ1) is 9.39. The molecule has 0 saturated carbocycles. The lowest BCUT2D eigenvalue weighted by Crippen LogP contribution is -2.13. The van der Waals surface area contributed by atoms with Gasteiger partial charge in [-0.3, -0.25) is 0 Å². The largest absolute Gasteiger partial charge is 0.464 e. The highest BCUT2D eigenvalue weighted by molar-refractivity contribution is 5.70. The summed E-state index contributed by atoms with van der Waals surface area (Å²) in [6.07, 6.45) is 0. The Morgan fingerprint density at radius 3 is 2.70 bits per heavy atom. The molecule has 60 valence electrons. The molecule has 0 aliphatic heterocycles. The van der Waals surface area contributed by atoms with Gasteiger partial charge >= 0.3 is 5.97 Å². The van der Waals surface area contributed by atoms with Crippen LogP contribution >= 0.6 is 0 Å². The van der Waals surface area contributed by atoms with Crippen molar-refractivity contribution in [3.05, 3.63) is 0 Å². The average molecular weight is 148 g/mol. The van der Waals surface area contributed by atoms with Crippen molar-refractivity contribution >= 4 is 5.97 Å². The molecule has 0 aromatic rings. The number of rotatable bonds is 5. The van der Waals surface area contributed by atoms with Crippen LogP contribution in [0.1, 0.15) is 6.92 Å². The fourth-order valence-corrected chi connectivity index (χ4v) is 0.411. The van der Waals surface area contributed by atoms with Gasteiger partial charge in [0.2, 0.25) is 0 Å². The summed E-state index contributed by atoms with van der Waals surface area (Å²) in [5.41, 5.74) is 0. The van der Waals surface area contributed by atoms with Gasteiger partial charge in [-0.25, -0.2) is 4.79 Å². The standard InChI is InChI=1S/C6H12O4/c1-3-10-6(7)4-9-5-8-2/h3-5H2,1-2H3. The number of carbonyl (C=O) groups is 1. The molecular formula is C6H12O4. The maximum Gasteiger partial charge on any atom is 0.332 e. The molecule has 0 N–H and O–H groups in total. The number of hydrogen-bond donors (Lipinski definition) is 0. The van der Waals surface area contributed by atoms with Gasteiger partial charge in [-0.15, -0.1) is 0 Å². The molecule has 0 aliphatic rings. The fourth-order valence-electron chi connectivity index (χ4n) is 0.411. The zero-order valence-corrected chi connectivity index (χ0v) is 6.25. The Kier molecular flexibility index (Phi) is 6.11. The van der Waals surface area contributed by atoms with E-state index in [9.17, 15) is 4.79 Å². The van der Waals surface area contributed by atoms with Crippen molar-refractivity contribution in [1.29, 1.82) is 0 Å². The third kappa shape index (κ3) is 5.53. The van der Waals surface area contributed by atoms with Gasteiger partial charge in [0.1, 0.15) is 13.4 Å². The zero-order valence-electron chi connectivity index (χ0n) is 6.25. The quantitative estimate of drug-likeness (QED) is 0.317. The SMILES string of the molecule is CCOC(=O)COCOC. The number of carbonyl (C=O) groups excluding carboxylic acids is 1. The minimum Gasteiger partial charge on any atom is -0.464 e. The van der Waals surface area contributed by atoms with Crippen LogP contribution in [0.3, 0.4) is 0 Å². The molecule has 0 saturated heterocycles. The lowest BCUT2D eigenvalue weighted by Gasteiger charge is -2.01. The Hall–Kier alpha value is -0.610.